The Morgan fingerprint density at radius 3 is 2.67 bits per heavy atom. The van der Waals surface area contributed by atoms with Crippen molar-refractivity contribution >= 4 is 48.6 Å². The summed E-state index contributed by atoms with van der Waals surface area (Å²) in [6.45, 7) is 0. The van der Waals surface area contributed by atoms with E-state index in [2.05, 4.69) is 30.6 Å². The van der Waals surface area contributed by atoms with E-state index in [9.17, 15) is 8.42 Å². The Morgan fingerprint density at radius 2 is 1.95 bits per heavy atom. The van der Waals surface area contributed by atoms with Crippen LogP contribution in [0, 0.1) is 0 Å². The number of aromatic amines is 1. The normalized spacial score (nSPS) is 11.7. The summed E-state index contributed by atoms with van der Waals surface area (Å²) in [5, 5.41) is 0. The lowest BCUT2D eigenvalue weighted by molar-refractivity contribution is 0.600. The van der Waals surface area contributed by atoms with Crippen molar-refractivity contribution in [3.63, 3.8) is 0 Å². The molecule has 0 atom stereocenters. The average Bonchev–Trinajstić information content (AvgIpc) is 2.79. The van der Waals surface area contributed by atoms with E-state index >= 15 is 0 Å². The third-order valence-electron chi connectivity index (χ3n) is 2.87. The first kappa shape index (κ1) is 13.9. The third-order valence-corrected chi connectivity index (χ3v) is 5.18. The Morgan fingerprint density at radius 1 is 1.19 bits per heavy atom. The van der Waals surface area contributed by atoms with Crippen LogP contribution in [0.2, 0.25) is 0 Å². The third kappa shape index (κ3) is 2.72. The van der Waals surface area contributed by atoms with Gasteiger partial charge >= 0.3 is 0 Å². The van der Waals surface area contributed by atoms with E-state index in [-0.39, 0.29) is 10.8 Å². The van der Waals surface area contributed by atoms with Crippen LogP contribution in [0.1, 0.15) is 0 Å². The van der Waals surface area contributed by atoms with E-state index < -0.39 is 10.0 Å². The number of anilines is 2. The van der Waals surface area contributed by atoms with Crippen molar-refractivity contribution < 1.29 is 8.42 Å². The molecule has 1 heterocycles. The van der Waals surface area contributed by atoms with Crippen molar-refractivity contribution in [2.24, 2.45) is 0 Å². The van der Waals surface area contributed by atoms with Crippen molar-refractivity contribution in [2.75, 3.05) is 10.5 Å². The molecule has 0 unspecified atom stereocenters. The van der Waals surface area contributed by atoms with E-state index in [1.807, 2.05) is 18.2 Å². The quantitative estimate of drug-likeness (QED) is 0.620. The second kappa shape index (κ2) is 5.05. The van der Waals surface area contributed by atoms with Gasteiger partial charge in [0.15, 0.2) is 0 Å². The molecule has 8 heteroatoms. The van der Waals surface area contributed by atoms with Gasteiger partial charge < -0.3 is 10.7 Å². The van der Waals surface area contributed by atoms with Crippen molar-refractivity contribution in [1.29, 1.82) is 0 Å². The number of para-hydroxylation sites is 2. The number of aromatic nitrogens is 2. The number of imidazole rings is 1. The minimum atomic E-state index is -3.75. The predicted octanol–water partition coefficient (Wildman–Crippen LogP) is 2.71. The zero-order chi connectivity index (χ0) is 15.0. The van der Waals surface area contributed by atoms with Gasteiger partial charge in [-0.3, -0.25) is 0 Å². The lowest BCUT2D eigenvalue weighted by Gasteiger charge is -2.07. The second-order valence-electron chi connectivity index (χ2n) is 4.40. The van der Waals surface area contributed by atoms with E-state index in [1.54, 1.807) is 6.07 Å². The molecule has 21 heavy (non-hydrogen) atoms. The summed E-state index contributed by atoms with van der Waals surface area (Å²) in [6, 6.07) is 11.8. The molecule has 0 radical (unpaired) electrons. The van der Waals surface area contributed by atoms with E-state index in [4.69, 9.17) is 5.73 Å². The molecule has 0 saturated heterocycles. The largest absolute Gasteiger partial charge is 0.399 e. The molecule has 108 valence electrons. The molecule has 0 aliphatic carbocycles. The maximum atomic E-state index is 12.4. The Labute approximate surface area is 129 Å². The average molecular weight is 367 g/mol. The summed E-state index contributed by atoms with van der Waals surface area (Å²) in [6.07, 6.45) is 0. The van der Waals surface area contributed by atoms with Crippen LogP contribution in [0.15, 0.2) is 51.8 Å². The topological polar surface area (TPSA) is 101 Å². The minimum absolute atomic E-state index is 0.0946. The molecule has 0 aliphatic heterocycles. The van der Waals surface area contributed by atoms with Gasteiger partial charge in [0.2, 0.25) is 5.95 Å². The van der Waals surface area contributed by atoms with E-state index in [1.165, 1.54) is 18.2 Å². The zero-order valence-corrected chi connectivity index (χ0v) is 13.1. The van der Waals surface area contributed by atoms with Gasteiger partial charge in [0.05, 0.1) is 11.0 Å². The molecule has 0 bridgehead atoms. The number of nitrogens with two attached hydrogens (primary N) is 1. The van der Waals surface area contributed by atoms with Crippen LogP contribution >= 0.6 is 15.9 Å². The smallest absolute Gasteiger partial charge is 0.265 e. The number of fused-ring (bicyclic) bond motifs is 1. The number of benzene rings is 2. The molecule has 4 N–H and O–H groups in total. The van der Waals surface area contributed by atoms with Crippen LogP contribution in [0.4, 0.5) is 11.6 Å². The Balaban J connectivity index is 1.99. The number of halogens is 1. The van der Waals surface area contributed by atoms with Crippen molar-refractivity contribution in [3.05, 3.63) is 46.9 Å². The summed E-state index contributed by atoms with van der Waals surface area (Å²) in [7, 11) is -3.75. The lowest BCUT2D eigenvalue weighted by atomic mass is 10.3. The summed E-state index contributed by atoms with van der Waals surface area (Å²) in [5.41, 5.74) is 7.53. The summed E-state index contributed by atoms with van der Waals surface area (Å²) >= 11 is 3.20. The molecule has 2 aromatic carbocycles. The molecule has 0 aliphatic rings. The molecule has 0 spiro atoms. The molecule has 0 fully saturated rings. The fourth-order valence-electron chi connectivity index (χ4n) is 1.92. The summed E-state index contributed by atoms with van der Waals surface area (Å²) < 4.78 is 27.6. The van der Waals surface area contributed by atoms with Crippen LogP contribution in [0.25, 0.3) is 11.0 Å². The van der Waals surface area contributed by atoms with Gasteiger partial charge in [0.25, 0.3) is 10.0 Å². The highest BCUT2D eigenvalue weighted by atomic mass is 79.9. The van der Waals surface area contributed by atoms with Crippen LogP contribution in [-0.2, 0) is 10.0 Å². The molecule has 0 amide bonds. The highest BCUT2D eigenvalue weighted by Gasteiger charge is 2.19. The van der Waals surface area contributed by atoms with Crippen LogP contribution in [-0.4, -0.2) is 18.4 Å². The van der Waals surface area contributed by atoms with Gasteiger partial charge in [-0.15, -0.1) is 0 Å². The first-order chi connectivity index (χ1) is 9.95. The number of hydrogen-bond acceptors (Lipinski definition) is 4. The van der Waals surface area contributed by atoms with E-state index in [0.717, 1.165) is 5.52 Å². The van der Waals surface area contributed by atoms with Crippen molar-refractivity contribution in [1.82, 2.24) is 9.97 Å². The Kier molecular flexibility index (Phi) is 3.34. The zero-order valence-electron chi connectivity index (χ0n) is 10.7. The molecular formula is C13H11BrN4O2S. The maximum Gasteiger partial charge on any atom is 0.265 e. The van der Waals surface area contributed by atoms with Gasteiger partial charge in [-0.2, -0.15) is 0 Å². The summed E-state index contributed by atoms with van der Waals surface area (Å²) in [5.74, 6) is 0.167. The monoisotopic (exact) mass is 366 g/mol. The Hall–Kier alpha value is -2.06. The van der Waals surface area contributed by atoms with Crippen molar-refractivity contribution in [2.45, 2.75) is 4.90 Å². The SMILES string of the molecule is Nc1ccc(S(=O)(=O)Nc2nc3ccccc3[nH]2)c(Br)c1. The first-order valence-corrected chi connectivity index (χ1v) is 8.26. The number of rotatable bonds is 3. The van der Waals surface area contributed by atoms with Gasteiger partial charge in [0.1, 0.15) is 4.90 Å². The molecular weight excluding hydrogens is 356 g/mol. The predicted molar refractivity (Wildman–Crippen MR) is 85.5 cm³/mol. The van der Waals surface area contributed by atoms with Crippen LogP contribution < -0.4 is 10.5 Å². The number of nitrogens with zero attached hydrogens (tertiary/aromatic N) is 1. The van der Waals surface area contributed by atoms with E-state index in [0.29, 0.717) is 15.7 Å². The maximum absolute atomic E-state index is 12.4. The number of hydrogen-bond donors (Lipinski definition) is 3. The standard InChI is InChI=1S/C13H11BrN4O2S/c14-9-7-8(15)5-6-12(9)21(19,20)18-13-16-10-3-1-2-4-11(10)17-13/h1-7H,15H2,(H2,16,17,18). The van der Waals surface area contributed by atoms with Crippen LogP contribution in [0.5, 0.6) is 0 Å². The second-order valence-corrected chi connectivity index (χ2v) is 6.90. The summed E-state index contributed by atoms with van der Waals surface area (Å²) in [4.78, 5) is 7.19. The van der Waals surface area contributed by atoms with Gasteiger partial charge in [-0.25, -0.2) is 18.1 Å². The fraction of sp³-hybridized carbons (Fsp3) is 0. The molecule has 3 rings (SSSR count). The van der Waals surface area contributed by atoms with Crippen molar-refractivity contribution in [3.8, 4) is 0 Å². The lowest BCUT2D eigenvalue weighted by Crippen LogP contribution is -2.14. The first-order valence-electron chi connectivity index (χ1n) is 5.98. The highest BCUT2D eigenvalue weighted by molar-refractivity contribution is 9.10. The van der Waals surface area contributed by atoms with Crippen LogP contribution in [0.3, 0.4) is 0 Å². The Bertz CT molecular complexity index is 888. The minimum Gasteiger partial charge on any atom is -0.399 e. The van der Waals surface area contributed by atoms with Gasteiger partial charge in [-0.1, -0.05) is 12.1 Å². The molecule has 6 nitrogen and oxygen atoms in total. The highest BCUT2D eigenvalue weighted by Crippen LogP contribution is 2.26. The number of sulfonamides is 1. The molecule has 0 saturated carbocycles. The number of H-pyrrole nitrogens is 1. The van der Waals surface area contributed by atoms with Gasteiger partial charge in [0, 0.05) is 10.2 Å². The fourth-order valence-corrected chi connectivity index (χ4v) is 3.98. The number of nitrogens with one attached hydrogen (secondary N) is 2. The van der Waals surface area contributed by atoms with Gasteiger partial charge in [-0.05, 0) is 46.3 Å². The number of nitrogen functional groups attached to an aromatic ring is 1. The molecule has 3 aromatic rings. The molecule has 1 aromatic heterocycles.